The fourth-order valence-electron chi connectivity index (χ4n) is 1.36. The molecule has 1 aromatic rings. The molecule has 0 spiro atoms. The Morgan fingerprint density at radius 3 is 2.41 bits per heavy atom. The normalized spacial score (nSPS) is 11.9. The summed E-state index contributed by atoms with van der Waals surface area (Å²) in [7, 11) is 0. The van der Waals surface area contributed by atoms with Gasteiger partial charge in [0.2, 0.25) is 0 Å². The zero-order valence-electron chi connectivity index (χ0n) is 10.5. The molecule has 0 aliphatic heterocycles. The van der Waals surface area contributed by atoms with E-state index >= 15 is 0 Å². The lowest BCUT2D eigenvalue weighted by Crippen LogP contribution is -2.28. The summed E-state index contributed by atoms with van der Waals surface area (Å²) in [6, 6.07) is 5.48. The van der Waals surface area contributed by atoms with Gasteiger partial charge >= 0.3 is 5.97 Å². The quantitative estimate of drug-likeness (QED) is 0.835. The number of carbonyl (C=O) groups is 1. The van der Waals surface area contributed by atoms with Crippen LogP contribution in [0.4, 0.5) is 0 Å². The summed E-state index contributed by atoms with van der Waals surface area (Å²) in [5.41, 5.74) is -0.187. The summed E-state index contributed by atoms with van der Waals surface area (Å²) in [5.74, 6) is -0.849. The van der Waals surface area contributed by atoms with Crippen molar-refractivity contribution in [1.82, 2.24) is 0 Å². The molecule has 0 saturated heterocycles. The fourth-order valence-corrected chi connectivity index (χ4v) is 2.50. The zero-order chi connectivity index (χ0) is 13.2. The number of rotatable bonds is 4. The van der Waals surface area contributed by atoms with Gasteiger partial charge in [-0.2, -0.15) is 0 Å². The van der Waals surface area contributed by atoms with Crippen LogP contribution in [0.2, 0.25) is 5.02 Å². The van der Waals surface area contributed by atoms with E-state index in [0.29, 0.717) is 10.3 Å². The predicted molar refractivity (Wildman–Crippen MR) is 73.1 cm³/mol. The third-order valence-electron chi connectivity index (χ3n) is 2.55. The van der Waals surface area contributed by atoms with Crippen LogP contribution in [0.1, 0.15) is 33.3 Å². The first kappa shape index (κ1) is 14.4. The second kappa shape index (κ2) is 5.32. The third-order valence-corrected chi connectivity index (χ3v) is 4.06. The molecule has 0 aliphatic carbocycles. The summed E-state index contributed by atoms with van der Waals surface area (Å²) in [5, 5.41) is 10.2. The van der Waals surface area contributed by atoms with E-state index in [9.17, 15) is 4.79 Å². The van der Waals surface area contributed by atoms with Crippen molar-refractivity contribution in [3.05, 3.63) is 28.8 Å². The van der Waals surface area contributed by atoms with E-state index in [4.69, 9.17) is 16.7 Å². The average molecular weight is 273 g/mol. The maximum atomic E-state index is 11.1. The highest BCUT2D eigenvalue weighted by atomic mass is 35.5. The van der Waals surface area contributed by atoms with Crippen LogP contribution in [0.5, 0.6) is 0 Å². The summed E-state index contributed by atoms with van der Waals surface area (Å²) < 4.78 is 0. The smallest absolute Gasteiger partial charge is 0.313 e. The Kier molecular flexibility index (Phi) is 4.50. The van der Waals surface area contributed by atoms with Gasteiger partial charge in [-0.25, -0.2) is 0 Å². The molecule has 0 amide bonds. The number of thioether (sulfide) groups is 1. The zero-order valence-corrected chi connectivity index (χ0v) is 12.0. The van der Waals surface area contributed by atoms with Gasteiger partial charge in [-0.05, 0) is 31.5 Å². The van der Waals surface area contributed by atoms with E-state index in [1.165, 1.54) is 0 Å². The second-order valence-corrected chi connectivity index (χ2v) is 6.77. The van der Waals surface area contributed by atoms with Crippen molar-refractivity contribution in [2.45, 2.75) is 43.3 Å². The minimum atomic E-state index is -0.912. The van der Waals surface area contributed by atoms with Gasteiger partial charge in [-0.3, -0.25) is 4.79 Å². The molecule has 1 aromatic carbocycles. The highest BCUT2D eigenvalue weighted by Gasteiger charge is 2.29. The Balaban J connectivity index is 3.08. The van der Waals surface area contributed by atoms with E-state index < -0.39 is 11.4 Å². The lowest BCUT2D eigenvalue weighted by Gasteiger charge is -2.20. The molecular weight excluding hydrogens is 256 g/mol. The molecule has 17 heavy (non-hydrogen) atoms. The fraction of sp³-hybridized carbons (Fsp3) is 0.462. The molecule has 0 saturated carbocycles. The SMILES string of the molecule is CC(C)Sc1ccc(C(C)(C)C(=O)O)cc1Cl. The van der Waals surface area contributed by atoms with E-state index in [1.807, 2.05) is 12.1 Å². The highest BCUT2D eigenvalue weighted by molar-refractivity contribution is 8.00. The second-order valence-electron chi connectivity index (χ2n) is 4.74. The maximum absolute atomic E-state index is 11.1. The van der Waals surface area contributed by atoms with Crippen molar-refractivity contribution in [3.63, 3.8) is 0 Å². The molecule has 0 bridgehead atoms. The van der Waals surface area contributed by atoms with Crippen molar-refractivity contribution in [2.75, 3.05) is 0 Å². The summed E-state index contributed by atoms with van der Waals surface area (Å²) in [4.78, 5) is 12.1. The number of hydrogen-bond donors (Lipinski definition) is 1. The first-order valence-electron chi connectivity index (χ1n) is 5.45. The molecule has 0 aliphatic rings. The molecule has 2 nitrogen and oxygen atoms in total. The number of benzene rings is 1. The van der Waals surface area contributed by atoms with Crippen LogP contribution < -0.4 is 0 Å². The summed E-state index contributed by atoms with van der Waals surface area (Å²) in [6.07, 6.45) is 0. The van der Waals surface area contributed by atoms with Crippen LogP contribution in [-0.4, -0.2) is 16.3 Å². The number of carboxylic acids is 1. The number of halogens is 1. The number of carboxylic acid groups (broad SMARTS) is 1. The molecule has 0 unspecified atom stereocenters. The topological polar surface area (TPSA) is 37.3 Å². The van der Waals surface area contributed by atoms with Crippen LogP contribution in [0.15, 0.2) is 23.1 Å². The van der Waals surface area contributed by atoms with Crippen molar-refractivity contribution in [2.24, 2.45) is 0 Å². The standard InChI is InChI=1S/C13H17ClO2S/c1-8(2)17-11-6-5-9(7-10(11)14)13(3,4)12(15)16/h5-8H,1-4H3,(H,15,16). The largest absolute Gasteiger partial charge is 0.481 e. The maximum Gasteiger partial charge on any atom is 0.313 e. The molecule has 0 fully saturated rings. The van der Waals surface area contributed by atoms with Gasteiger partial charge in [0.15, 0.2) is 0 Å². The minimum absolute atomic E-state index is 0.450. The van der Waals surface area contributed by atoms with Gasteiger partial charge < -0.3 is 5.11 Å². The Bertz CT molecular complexity index is 427. The predicted octanol–water partition coefficient (Wildman–Crippen LogP) is 4.20. The minimum Gasteiger partial charge on any atom is -0.481 e. The van der Waals surface area contributed by atoms with E-state index in [0.717, 1.165) is 10.5 Å². The van der Waals surface area contributed by atoms with Crippen molar-refractivity contribution in [1.29, 1.82) is 0 Å². The molecule has 0 atom stereocenters. The van der Waals surface area contributed by atoms with Crippen LogP contribution in [0.3, 0.4) is 0 Å². The van der Waals surface area contributed by atoms with Gasteiger partial charge in [0.25, 0.3) is 0 Å². The van der Waals surface area contributed by atoms with Crippen molar-refractivity contribution in [3.8, 4) is 0 Å². The average Bonchev–Trinajstić information content (AvgIpc) is 2.20. The Labute approximate surface area is 111 Å². The van der Waals surface area contributed by atoms with Crippen LogP contribution >= 0.6 is 23.4 Å². The van der Waals surface area contributed by atoms with Gasteiger partial charge in [0.05, 0.1) is 10.4 Å². The van der Waals surface area contributed by atoms with Gasteiger partial charge in [-0.15, -0.1) is 11.8 Å². The molecule has 0 radical (unpaired) electrons. The van der Waals surface area contributed by atoms with Gasteiger partial charge in [0.1, 0.15) is 0 Å². The van der Waals surface area contributed by atoms with Crippen molar-refractivity contribution >= 4 is 29.3 Å². The van der Waals surface area contributed by atoms with Crippen LogP contribution in [0.25, 0.3) is 0 Å². The number of aliphatic carboxylic acids is 1. The molecule has 4 heteroatoms. The lowest BCUT2D eigenvalue weighted by atomic mass is 9.85. The highest BCUT2D eigenvalue weighted by Crippen LogP contribution is 2.34. The van der Waals surface area contributed by atoms with Crippen LogP contribution in [0, 0.1) is 0 Å². The Morgan fingerprint density at radius 2 is 2.00 bits per heavy atom. The van der Waals surface area contributed by atoms with Crippen molar-refractivity contribution < 1.29 is 9.90 Å². The molecule has 1 rings (SSSR count). The third kappa shape index (κ3) is 3.39. The first-order valence-corrected chi connectivity index (χ1v) is 6.71. The summed E-state index contributed by atoms with van der Waals surface area (Å²) in [6.45, 7) is 7.54. The molecular formula is C13H17ClO2S. The van der Waals surface area contributed by atoms with E-state index in [-0.39, 0.29) is 0 Å². The molecule has 1 N–H and O–H groups in total. The first-order chi connectivity index (χ1) is 7.75. The van der Waals surface area contributed by atoms with Crippen LogP contribution in [-0.2, 0) is 10.2 Å². The lowest BCUT2D eigenvalue weighted by molar-refractivity contribution is -0.142. The molecule has 0 aromatic heterocycles. The summed E-state index contributed by atoms with van der Waals surface area (Å²) >= 11 is 7.84. The van der Waals surface area contributed by atoms with Gasteiger partial charge in [-0.1, -0.05) is 31.5 Å². The van der Waals surface area contributed by atoms with E-state index in [1.54, 1.807) is 31.7 Å². The van der Waals surface area contributed by atoms with Gasteiger partial charge in [0, 0.05) is 10.1 Å². The molecule has 94 valence electrons. The Morgan fingerprint density at radius 1 is 1.41 bits per heavy atom. The monoisotopic (exact) mass is 272 g/mol. The number of hydrogen-bond acceptors (Lipinski definition) is 2. The molecule has 0 heterocycles. The Hall–Kier alpha value is -0.670. The van der Waals surface area contributed by atoms with E-state index in [2.05, 4.69) is 13.8 Å².